The highest BCUT2D eigenvalue weighted by atomic mass is 35.5. The van der Waals surface area contributed by atoms with Crippen molar-refractivity contribution in [2.45, 2.75) is 57.8 Å². The maximum Gasteiger partial charge on any atom is 0.135 e. The van der Waals surface area contributed by atoms with Crippen LogP contribution >= 0.6 is 11.6 Å². The standard InChI is InChI=1S/C25H36ClN3O2/c1-19(2)28-12-9-20(10-13-28)29-15-14-27(17-21(29)11-16-30)18-22-7-8-25(31-22)23-5-3-4-6-24(23)26/h3-8,19-21,30H,9-18H2,1-2H3/t21-/m1/s1. The Hall–Kier alpha value is -1.37. The van der Waals surface area contributed by atoms with Gasteiger partial charge < -0.3 is 14.4 Å². The second-order valence-electron chi connectivity index (χ2n) is 9.25. The largest absolute Gasteiger partial charge is 0.460 e. The van der Waals surface area contributed by atoms with E-state index in [4.69, 9.17) is 16.0 Å². The van der Waals surface area contributed by atoms with Crippen LogP contribution < -0.4 is 0 Å². The molecular weight excluding hydrogens is 410 g/mol. The molecule has 0 bridgehead atoms. The third kappa shape index (κ3) is 5.52. The minimum atomic E-state index is 0.247. The van der Waals surface area contributed by atoms with Crippen LogP contribution in [0.15, 0.2) is 40.8 Å². The molecule has 0 amide bonds. The van der Waals surface area contributed by atoms with Gasteiger partial charge in [0.1, 0.15) is 11.5 Å². The molecule has 1 N–H and O–H groups in total. The number of aliphatic hydroxyl groups excluding tert-OH is 1. The number of nitrogens with zero attached hydrogens (tertiary/aromatic N) is 3. The average molecular weight is 446 g/mol. The van der Waals surface area contributed by atoms with Gasteiger partial charge in [0, 0.05) is 49.9 Å². The number of piperazine rings is 1. The van der Waals surface area contributed by atoms with Crippen LogP contribution in [0.4, 0.5) is 0 Å². The minimum Gasteiger partial charge on any atom is -0.460 e. The molecule has 1 aromatic carbocycles. The second-order valence-corrected chi connectivity index (χ2v) is 9.65. The highest BCUT2D eigenvalue weighted by Gasteiger charge is 2.34. The van der Waals surface area contributed by atoms with Gasteiger partial charge in [-0.25, -0.2) is 0 Å². The van der Waals surface area contributed by atoms with E-state index in [2.05, 4.69) is 34.6 Å². The second kappa shape index (κ2) is 10.5. The summed E-state index contributed by atoms with van der Waals surface area (Å²) in [7, 11) is 0. The van der Waals surface area contributed by atoms with Crippen molar-refractivity contribution in [1.82, 2.24) is 14.7 Å². The SMILES string of the molecule is CC(C)N1CCC(N2CCN(Cc3ccc(-c4ccccc4Cl)o3)C[C@H]2CCO)CC1. The lowest BCUT2D eigenvalue weighted by Gasteiger charge is -2.48. The molecule has 0 radical (unpaired) electrons. The predicted octanol–water partition coefficient (Wildman–Crippen LogP) is 4.34. The normalized spacial score (nSPS) is 22.4. The summed E-state index contributed by atoms with van der Waals surface area (Å²) >= 11 is 6.33. The number of aliphatic hydroxyl groups is 1. The van der Waals surface area contributed by atoms with Gasteiger partial charge in [0.2, 0.25) is 0 Å². The number of benzene rings is 1. The zero-order chi connectivity index (χ0) is 21.8. The summed E-state index contributed by atoms with van der Waals surface area (Å²) in [5.41, 5.74) is 0.936. The van der Waals surface area contributed by atoms with Crippen molar-refractivity contribution in [3.05, 3.63) is 47.2 Å². The Bertz CT molecular complexity index is 832. The maximum atomic E-state index is 9.70. The summed E-state index contributed by atoms with van der Waals surface area (Å²) in [6.07, 6.45) is 3.31. The fourth-order valence-electron chi connectivity index (χ4n) is 5.19. The molecule has 0 saturated carbocycles. The van der Waals surface area contributed by atoms with E-state index in [-0.39, 0.29) is 6.61 Å². The van der Waals surface area contributed by atoms with E-state index in [1.54, 1.807) is 0 Å². The first-order chi connectivity index (χ1) is 15.0. The molecule has 2 saturated heterocycles. The zero-order valence-corrected chi connectivity index (χ0v) is 19.6. The number of rotatable bonds is 7. The smallest absolute Gasteiger partial charge is 0.135 e. The Morgan fingerprint density at radius 3 is 2.55 bits per heavy atom. The predicted molar refractivity (Wildman–Crippen MR) is 126 cm³/mol. The third-order valence-corrected chi connectivity index (χ3v) is 7.28. The summed E-state index contributed by atoms with van der Waals surface area (Å²) in [4.78, 5) is 7.73. The van der Waals surface area contributed by atoms with Crippen LogP contribution in [0, 0.1) is 0 Å². The minimum absolute atomic E-state index is 0.247. The number of likely N-dealkylation sites (tertiary alicyclic amines) is 1. The Kier molecular flexibility index (Phi) is 7.72. The first-order valence-electron chi connectivity index (χ1n) is 11.7. The van der Waals surface area contributed by atoms with E-state index < -0.39 is 0 Å². The number of furan rings is 1. The highest BCUT2D eigenvalue weighted by Crippen LogP contribution is 2.30. The summed E-state index contributed by atoms with van der Waals surface area (Å²) in [6.45, 7) is 11.1. The van der Waals surface area contributed by atoms with E-state index in [0.717, 1.165) is 49.7 Å². The van der Waals surface area contributed by atoms with Gasteiger partial charge in [-0.2, -0.15) is 0 Å². The van der Waals surface area contributed by atoms with Crippen molar-refractivity contribution in [3.8, 4) is 11.3 Å². The van der Waals surface area contributed by atoms with Crippen LogP contribution in [-0.2, 0) is 6.54 Å². The summed E-state index contributed by atoms with van der Waals surface area (Å²) in [5, 5.41) is 10.4. The lowest BCUT2D eigenvalue weighted by Crippen LogP contribution is -2.58. The number of hydrogen-bond acceptors (Lipinski definition) is 5. The quantitative estimate of drug-likeness (QED) is 0.686. The lowest BCUT2D eigenvalue weighted by atomic mass is 9.97. The lowest BCUT2D eigenvalue weighted by molar-refractivity contribution is -0.00156. The number of halogens is 1. The Morgan fingerprint density at radius 1 is 1.06 bits per heavy atom. The molecule has 170 valence electrons. The van der Waals surface area contributed by atoms with E-state index in [9.17, 15) is 5.11 Å². The molecule has 0 unspecified atom stereocenters. The molecule has 2 aliphatic heterocycles. The van der Waals surface area contributed by atoms with Crippen molar-refractivity contribution in [3.63, 3.8) is 0 Å². The molecule has 2 aliphatic rings. The van der Waals surface area contributed by atoms with Gasteiger partial charge in [0.25, 0.3) is 0 Å². The molecule has 3 heterocycles. The van der Waals surface area contributed by atoms with Crippen LogP contribution in [-0.4, -0.2) is 77.3 Å². The molecular formula is C25H36ClN3O2. The Balaban J connectivity index is 1.36. The van der Waals surface area contributed by atoms with Crippen LogP contribution in [0.25, 0.3) is 11.3 Å². The van der Waals surface area contributed by atoms with E-state index in [1.807, 2.05) is 30.3 Å². The van der Waals surface area contributed by atoms with Crippen LogP contribution in [0.5, 0.6) is 0 Å². The monoisotopic (exact) mass is 445 g/mol. The van der Waals surface area contributed by atoms with Gasteiger partial charge >= 0.3 is 0 Å². The third-order valence-electron chi connectivity index (χ3n) is 6.95. The van der Waals surface area contributed by atoms with Gasteiger partial charge in [-0.3, -0.25) is 9.80 Å². The summed E-state index contributed by atoms with van der Waals surface area (Å²) in [6, 6.07) is 13.6. The topological polar surface area (TPSA) is 43.1 Å². The van der Waals surface area contributed by atoms with E-state index in [1.165, 1.54) is 25.9 Å². The van der Waals surface area contributed by atoms with Crippen molar-refractivity contribution in [2.24, 2.45) is 0 Å². The van der Waals surface area contributed by atoms with Gasteiger partial charge in [0.15, 0.2) is 0 Å². The molecule has 5 nitrogen and oxygen atoms in total. The first-order valence-corrected chi connectivity index (χ1v) is 12.1. The van der Waals surface area contributed by atoms with Crippen molar-refractivity contribution >= 4 is 11.6 Å². The molecule has 2 aromatic rings. The van der Waals surface area contributed by atoms with Crippen molar-refractivity contribution < 1.29 is 9.52 Å². The summed E-state index contributed by atoms with van der Waals surface area (Å²) in [5.74, 6) is 1.79. The maximum absolute atomic E-state index is 9.70. The van der Waals surface area contributed by atoms with E-state index >= 15 is 0 Å². The molecule has 0 aliphatic carbocycles. The van der Waals surface area contributed by atoms with Crippen LogP contribution in [0.3, 0.4) is 0 Å². The fourth-order valence-corrected chi connectivity index (χ4v) is 5.42. The molecule has 2 fully saturated rings. The first kappa shape index (κ1) is 22.8. The molecule has 6 heteroatoms. The number of hydrogen-bond donors (Lipinski definition) is 1. The van der Waals surface area contributed by atoms with Crippen LogP contribution in [0.2, 0.25) is 5.02 Å². The van der Waals surface area contributed by atoms with Gasteiger partial charge in [-0.05, 0) is 70.5 Å². The molecule has 0 spiro atoms. The summed E-state index contributed by atoms with van der Waals surface area (Å²) < 4.78 is 6.13. The van der Waals surface area contributed by atoms with Gasteiger partial charge in [0.05, 0.1) is 11.6 Å². The molecule has 4 rings (SSSR count). The van der Waals surface area contributed by atoms with Gasteiger partial charge in [-0.1, -0.05) is 23.7 Å². The van der Waals surface area contributed by atoms with Crippen molar-refractivity contribution in [2.75, 3.05) is 39.3 Å². The van der Waals surface area contributed by atoms with E-state index in [0.29, 0.717) is 23.1 Å². The Morgan fingerprint density at radius 2 is 1.84 bits per heavy atom. The zero-order valence-electron chi connectivity index (χ0n) is 18.8. The van der Waals surface area contributed by atoms with Gasteiger partial charge in [-0.15, -0.1) is 0 Å². The number of piperidine rings is 1. The fraction of sp³-hybridized carbons (Fsp3) is 0.600. The Labute approximate surface area is 191 Å². The van der Waals surface area contributed by atoms with Crippen LogP contribution in [0.1, 0.15) is 38.9 Å². The van der Waals surface area contributed by atoms with Crippen molar-refractivity contribution in [1.29, 1.82) is 0 Å². The average Bonchev–Trinajstić information content (AvgIpc) is 3.23. The highest BCUT2D eigenvalue weighted by molar-refractivity contribution is 6.33. The molecule has 31 heavy (non-hydrogen) atoms. The molecule has 1 aromatic heterocycles. The molecule has 1 atom stereocenters.